The summed E-state index contributed by atoms with van der Waals surface area (Å²) in [4.78, 5) is 4.99. The number of aromatic amines is 1. The smallest absolute Gasteiger partial charge is 0.167 e. The molecular formula is C22H27N5O. The molecule has 2 aromatic heterocycles. The summed E-state index contributed by atoms with van der Waals surface area (Å²) in [7, 11) is 0. The lowest BCUT2D eigenvalue weighted by atomic mass is 9.91. The van der Waals surface area contributed by atoms with Crippen LogP contribution in [0.25, 0.3) is 16.7 Å². The number of H-pyrrole nitrogens is 1. The molecule has 146 valence electrons. The fraction of sp³-hybridized carbons (Fsp3) is 0.455. The molecule has 5 rings (SSSR count). The number of benzene rings is 1. The highest BCUT2D eigenvalue weighted by Gasteiger charge is 2.27. The van der Waals surface area contributed by atoms with Gasteiger partial charge in [-0.25, -0.2) is 0 Å². The fourth-order valence-corrected chi connectivity index (χ4v) is 4.72. The van der Waals surface area contributed by atoms with Gasteiger partial charge in [-0.3, -0.25) is 5.10 Å². The van der Waals surface area contributed by atoms with Crippen LogP contribution in [0.1, 0.15) is 41.4 Å². The molecule has 2 aliphatic heterocycles. The van der Waals surface area contributed by atoms with E-state index in [2.05, 4.69) is 50.8 Å². The highest BCUT2D eigenvalue weighted by molar-refractivity contribution is 5.79. The van der Waals surface area contributed by atoms with Gasteiger partial charge in [-0.05, 0) is 45.0 Å². The van der Waals surface area contributed by atoms with Crippen molar-refractivity contribution in [2.24, 2.45) is 0 Å². The largest absolute Gasteiger partial charge is 0.370 e. The maximum Gasteiger partial charge on any atom is 0.167 e. The van der Waals surface area contributed by atoms with Crippen LogP contribution in [0.2, 0.25) is 0 Å². The summed E-state index contributed by atoms with van der Waals surface area (Å²) in [5, 5.41) is 13.1. The summed E-state index contributed by atoms with van der Waals surface area (Å²) < 4.78 is 5.51. The molecule has 1 fully saturated rings. The molecule has 0 radical (unpaired) electrons. The number of likely N-dealkylation sites (tertiary alicyclic amines) is 1. The van der Waals surface area contributed by atoms with Crippen molar-refractivity contribution in [3.63, 3.8) is 0 Å². The Morgan fingerprint density at radius 3 is 2.86 bits per heavy atom. The minimum atomic E-state index is 0.501. The van der Waals surface area contributed by atoms with E-state index in [4.69, 9.17) is 4.52 Å². The Kier molecular flexibility index (Phi) is 4.43. The molecule has 4 heterocycles. The zero-order valence-electron chi connectivity index (χ0n) is 16.4. The van der Waals surface area contributed by atoms with Crippen LogP contribution >= 0.6 is 0 Å². The van der Waals surface area contributed by atoms with Crippen LogP contribution in [0.4, 0.5) is 0 Å². The maximum atomic E-state index is 5.51. The Morgan fingerprint density at radius 2 is 2.00 bits per heavy atom. The normalized spacial score (nSPS) is 18.8. The molecule has 0 bridgehead atoms. The molecule has 0 spiro atoms. The van der Waals surface area contributed by atoms with Crippen LogP contribution in [0.5, 0.6) is 0 Å². The molecule has 1 aromatic carbocycles. The van der Waals surface area contributed by atoms with E-state index in [0.29, 0.717) is 5.92 Å². The van der Waals surface area contributed by atoms with Crippen LogP contribution in [0, 0.1) is 6.92 Å². The van der Waals surface area contributed by atoms with E-state index < -0.39 is 0 Å². The number of rotatable bonds is 4. The van der Waals surface area contributed by atoms with Crippen molar-refractivity contribution in [3.05, 3.63) is 53.5 Å². The first-order valence-electron chi connectivity index (χ1n) is 10.3. The molecule has 1 N–H and O–H groups in total. The van der Waals surface area contributed by atoms with Crippen LogP contribution in [-0.4, -0.2) is 57.9 Å². The van der Waals surface area contributed by atoms with Crippen molar-refractivity contribution in [1.82, 2.24) is 25.2 Å². The number of hydrogen-bond donors (Lipinski definition) is 1. The quantitative estimate of drug-likeness (QED) is 0.753. The summed E-state index contributed by atoms with van der Waals surface area (Å²) in [6.07, 6.45) is 3.28. The van der Waals surface area contributed by atoms with E-state index >= 15 is 0 Å². The fourth-order valence-electron chi connectivity index (χ4n) is 4.72. The molecule has 0 atom stereocenters. The molecule has 6 nitrogen and oxygen atoms in total. The van der Waals surface area contributed by atoms with Crippen LogP contribution in [0.3, 0.4) is 0 Å². The average molecular weight is 377 g/mol. The molecule has 0 saturated carbocycles. The van der Waals surface area contributed by atoms with Gasteiger partial charge < -0.3 is 14.3 Å². The van der Waals surface area contributed by atoms with Gasteiger partial charge in [-0.15, -0.1) is 0 Å². The van der Waals surface area contributed by atoms with E-state index in [9.17, 15) is 0 Å². The predicted molar refractivity (Wildman–Crippen MR) is 110 cm³/mol. The van der Waals surface area contributed by atoms with Gasteiger partial charge in [0.1, 0.15) is 0 Å². The van der Waals surface area contributed by atoms with Crippen molar-refractivity contribution < 1.29 is 4.52 Å². The number of nitrogens with one attached hydrogen (secondary N) is 1. The number of nitrogens with zero attached hydrogens (tertiary/aromatic N) is 4. The summed E-state index contributed by atoms with van der Waals surface area (Å²) in [6, 6.07) is 8.19. The first-order chi connectivity index (χ1) is 13.7. The number of aryl methyl sites for hydroxylation is 1. The third-order valence-corrected chi connectivity index (χ3v) is 6.38. The Bertz CT molecular complexity index is 995. The van der Waals surface area contributed by atoms with Gasteiger partial charge in [-0.2, -0.15) is 5.10 Å². The molecule has 0 aliphatic carbocycles. The minimum absolute atomic E-state index is 0.501. The highest BCUT2D eigenvalue weighted by Crippen LogP contribution is 2.33. The van der Waals surface area contributed by atoms with Crippen LogP contribution in [0.15, 0.2) is 35.4 Å². The third-order valence-electron chi connectivity index (χ3n) is 6.38. The van der Waals surface area contributed by atoms with Gasteiger partial charge in [0.25, 0.3) is 0 Å². The first kappa shape index (κ1) is 17.5. The van der Waals surface area contributed by atoms with Crippen molar-refractivity contribution in [2.75, 3.05) is 32.7 Å². The van der Waals surface area contributed by atoms with E-state index in [1.165, 1.54) is 16.6 Å². The summed E-state index contributed by atoms with van der Waals surface area (Å²) >= 11 is 0. The Morgan fingerprint density at radius 1 is 1.18 bits per heavy atom. The zero-order valence-corrected chi connectivity index (χ0v) is 16.4. The van der Waals surface area contributed by atoms with Crippen molar-refractivity contribution in [3.8, 4) is 0 Å². The van der Waals surface area contributed by atoms with Crippen LogP contribution < -0.4 is 0 Å². The lowest BCUT2D eigenvalue weighted by molar-refractivity contribution is 0.191. The van der Waals surface area contributed by atoms with E-state index in [1.807, 2.05) is 12.1 Å². The van der Waals surface area contributed by atoms with E-state index in [-0.39, 0.29) is 0 Å². The molecule has 0 unspecified atom stereocenters. The number of fused-ring (bicyclic) bond motifs is 2. The topological polar surface area (TPSA) is 61.2 Å². The highest BCUT2D eigenvalue weighted by atomic mass is 16.5. The average Bonchev–Trinajstić information content (AvgIpc) is 3.32. The van der Waals surface area contributed by atoms with Gasteiger partial charge in [0.2, 0.25) is 0 Å². The Hall–Kier alpha value is -2.60. The number of aromatic nitrogens is 3. The summed E-state index contributed by atoms with van der Waals surface area (Å²) in [5.74, 6) is 0.501. The predicted octanol–water partition coefficient (Wildman–Crippen LogP) is 3.57. The Labute approximate surface area is 165 Å². The molecular weight excluding hydrogens is 350 g/mol. The van der Waals surface area contributed by atoms with Crippen LogP contribution in [-0.2, 0) is 6.42 Å². The summed E-state index contributed by atoms with van der Waals surface area (Å²) in [6.45, 7) is 11.8. The van der Waals surface area contributed by atoms with Crippen molar-refractivity contribution >= 4 is 16.7 Å². The molecule has 3 aromatic rings. The zero-order chi connectivity index (χ0) is 19.1. The van der Waals surface area contributed by atoms with E-state index in [1.54, 1.807) is 0 Å². The summed E-state index contributed by atoms with van der Waals surface area (Å²) in [5.41, 5.74) is 6.68. The second kappa shape index (κ2) is 7.09. The Balaban J connectivity index is 1.17. The third kappa shape index (κ3) is 3.02. The second-order valence-corrected chi connectivity index (χ2v) is 8.03. The molecule has 0 amide bonds. The first-order valence-corrected chi connectivity index (χ1v) is 10.3. The van der Waals surface area contributed by atoms with Gasteiger partial charge in [0.15, 0.2) is 5.58 Å². The second-order valence-electron chi connectivity index (χ2n) is 8.03. The van der Waals surface area contributed by atoms with Crippen molar-refractivity contribution in [2.45, 2.75) is 32.1 Å². The standard InChI is InChI=1S/C22H27N5O/c1-15-21-16(2)27(12-9-19(21)24-23-15)14-13-26-10-7-17(8-11-26)22-18-5-3-4-6-20(18)28-25-22/h3-6,17H,2,7-14H2,1H3,(H,23,24). The number of para-hydroxylation sites is 1. The number of piperidine rings is 1. The maximum absolute atomic E-state index is 5.51. The molecule has 2 aliphatic rings. The van der Waals surface area contributed by atoms with Gasteiger partial charge in [-0.1, -0.05) is 23.9 Å². The van der Waals surface area contributed by atoms with Gasteiger partial charge >= 0.3 is 0 Å². The number of hydrogen-bond acceptors (Lipinski definition) is 5. The van der Waals surface area contributed by atoms with Crippen molar-refractivity contribution in [1.29, 1.82) is 0 Å². The molecule has 1 saturated heterocycles. The SMILES string of the molecule is C=C1c2c(n[nH]c2C)CCN1CCN1CCC(c2noc3ccccc23)CC1. The molecule has 6 heteroatoms. The van der Waals surface area contributed by atoms with E-state index in [0.717, 1.165) is 74.7 Å². The monoisotopic (exact) mass is 377 g/mol. The van der Waals surface area contributed by atoms with Gasteiger partial charge in [0.05, 0.1) is 11.4 Å². The minimum Gasteiger partial charge on any atom is -0.370 e. The molecule has 28 heavy (non-hydrogen) atoms. The lowest BCUT2D eigenvalue weighted by Gasteiger charge is -2.35. The lowest BCUT2D eigenvalue weighted by Crippen LogP contribution is -2.40. The van der Waals surface area contributed by atoms with Gasteiger partial charge in [0, 0.05) is 54.3 Å².